The number of ether oxygens (including phenoxy) is 1. The number of benzene rings is 2. The van der Waals surface area contributed by atoms with Gasteiger partial charge in [0.1, 0.15) is 10.7 Å². The SMILES string of the molecule is Cc1cccc([N+](=O)[O-])c1NC(=O)COC(=O)Cc1sc(-c2ccccc2)nc1-c1cccs1. The van der Waals surface area contributed by atoms with Crippen molar-refractivity contribution in [1.82, 2.24) is 4.98 Å². The third kappa shape index (κ3) is 5.36. The molecular formula is C24H19N3O5S2. The second kappa shape index (κ2) is 10.4. The summed E-state index contributed by atoms with van der Waals surface area (Å²) in [5.74, 6) is -1.24. The summed E-state index contributed by atoms with van der Waals surface area (Å²) < 4.78 is 5.17. The molecule has 0 unspecified atom stereocenters. The van der Waals surface area contributed by atoms with Crippen molar-refractivity contribution in [3.05, 3.63) is 86.6 Å². The van der Waals surface area contributed by atoms with E-state index in [-0.39, 0.29) is 17.8 Å². The minimum absolute atomic E-state index is 0.0461. The van der Waals surface area contributed by atoms with E-state index in [9.17, 15) is 19.7 Å². The topological polar surface area (TPSA) is 111 Å². The first-order valence-corrected chi connectivity index (χ1v) is 11.9. The van der Waals surface area contributed by atoms with Gasteiger partial charge in [0, 0.05) is 16.5 Å². The Balaban J connectivity index is 1.45. The molecule has 0 spiro atoms. The average Bonchev–Trinajstić information content (AvgIpc) is 3.49. The molecule has 2 aromatic carbocycles. The van der Waals surface area contributed by atoms with Gasteiger partial charge in [-0.2, -0.15) is 0 Å². The van der Waals surface area contributed by atoms with Crippen LogP contribution in [-0.4, -0.2) is 28.4 Å². The Kier molecular flexibility index (Phi) is 7.09. The molecule has 0 saturated heterocycles. The fourth-order valence-corrected chi connectivity index (χ4v) is 5.12. The van der Waals surface area contributed by atoms with Crippen molar-refractivity contribution in [3.63, 3.8) is 0 Å². The fraction of sp³-hybridized carbons (Fsp3) is 0.125. The maximum atomic E-state index is 12.6. The molecule has 0 saturated carbocycles. The molecule has 0 aliphatic rings. The van der Waals surface area contributed by atoms with Gasteiger partial charge in [-0.05, 0) is 23.9 Å². The molecule has 0 aliphatic carbocycles. The summed E-state index contributed by atoms with van der Waals surface area (Å²) in [6.07, 6.45) is -0.0461. The predicted octanol–water partition coefficient (Wildman–Crippen LogP) is 5.48. The van der Waals surface area contributed by atoms with Crippen molar-refractivity contribution in [2.24, 2.45) is 0 Å². The van der Waals surface area contributed by atoms with Gasteiger partial charge >= 0.3 is 5.97 Å². The van der Waals surface area contributed by atoms with Crippen molar-refractivity contribution in [2.45, 2.75) is 13.3 Å². The summed E-state index contributed by atoms with van der Waals surface area (Å²) >= 11 is 2.93. The van der Waals surface area contributed by atoms with Crippen LogP contribution in [-0.2, 0) is 20.7 Å². The Bertz CT molecular complexity index is 1330. The molecule has 1 amide bonds. The highest BCUT2D eigenvalue weighted by atomic mass is 32.1. The monoisotopic (exact) mass is 493 g/mol. The molecule has 0 atom stereocenters. The molecule has 2 aromatic heterocycles. The van der Waals surface area contributed by atoms with Gasteiger partial charge in [-0.1, -0.05) is 48.5 Å². The van der Waals surface area contributed by atoms with E-state index >= 15 is 0 Å². The number of esters is 1. The lowest BCUT2D eigenvalue weighted by molar-refractivity contribution is -0.384. The Hall–Kier alpha value is -3.89. The van der Waals surface area contributed by atoms with Crippen LogP contribution in [0.1, 0.15) is 10.4 Å². The number of nitro benzene ring substituents is 1. The number of aromatic nitrogens is 1. The molecule has 4 aromatic rings. The van der Waals surface area contributed by atoms with Crippen molar-refractivity contribution in [1.29, 1.82) is 0 Å². The number of para-hydroxylation sites is 1. The van der Waals surface area contributed by atoms with Gasteiger partial charge in [0.2, 0.25) is 0 Å². The number of nitrogens with zero attached hydrogens (tertiary/aromatic N) is 2. The number of thiophene rings is 1. The molecule has 8 nitrogen and oxygen atoms in total. The first-order valence-electron chi connectivity index (χ1n) is 10.2. The number of hydrogen-bond donors (Lipinski definition) is 1. The van der Waals surface area contributed by atoms with Crippen molar-refractivity contribution in [3.8, 4) is 21.1 Å². The van der Waals surface area contributed by atoms with Crippen LogP contribution in [0.2, 0.25) is 0 Å². The smallest absolute Gasteiger partial charge is 0.311 e. The lowest BCUT2D eigenvalue weighted by Crippen LogP contribution is -2.22. The van der Waals surface area contributed by atoms with Gasteiger partial charge in [0.15, 0.2) is 6.61 Å². The quantitative estimate of drug-likeness (QED) is 0.198. The second-order valence-corrected chi connectivity index (χ2v) is 9.28. The number of nitrogens with one attached hydrogen (secondary N) is 1. The molecular weight excluding hydrogens is 474 g/mol. The number of amides is 1. The van der Waals surface area contributed by atoms with E-state index in [0.29, 0.717) is 5.56 Å². The van der Waals surface area contributed by atoms with E-state index in [1.807, 2.05) is 47.8 Å². The zero-order valence-electron chi connectivity index (χ0n) is 18.0. The highest BCUT2D eigenvalue weighted by Crippen LogP contribution is 2.36. The second-order valence-electron chi connectivity index (χ2n) is 7.25. The van der Waals surface area contributed by atoms with Crippen molar-refractivity contribution < 1.29 is 19.2 Å². The van der Waals surface area contributed by atoms with Gasteiger partial charge in [-0.15, -0.1) is 22.7 Å². The number of anilines is 1. The molecule has 34 heavy (non-hydrogen) atoms. The van der Waals surface area contributed by atoms with E-state index in [2.05, 4.69) is 5.32 Å². The van der Waals surface area contributed by atoms with E-state index in [0.717, 1.165) is 26.0 Å². The molecule has 0 bridgehead atoms. The normalized spacial score (nSPS) is 10.6. The summed E-state index contributed by atoms with van der Waals surface area (Å²) in [6, 6.07) is 18.0. The molecule has 0 aliphatic heterocycles. The van der Waals surface area contributed by atoms with Crippen LogP contribution in [0.4, 0.5) is 11.4 Å². The fourth-order valence-electron chi connectivity index (χ4n) is 3.25. The summed E-state index contributed by atoms with van der Waals surface area (Å²) in [4.78, 5) is 41.9. The molecule has 2 heterocycles. The number of hydrogen-bond acceptors (Lipinski definition) is 8. The molecule has 0 fully saturated rings. The first-order chi connectivity index (χ1) is 16.4. The van der Waals surface area contributed by atoms with Crippen molar-refractivity contribution in [2.75, 3.05) is 11.9 Å². The van der Waals surface area contributed by atoms with Crippen LogP contribution in [0.15, 0.2) is 66.0 Å². The summed E-state index contributed by atoms with van der Waals surface area (Å²) in [6.45, 7) is 1.10. The Morgan fingerprint density at radius 1 is 1.09 bits per heavy atom. The molecule has 10 heteroatoms. The lowest BCUT2D eigenvalue weighted by Gasteiger charge is -2.09. The predicted molar refractivity (Wildman–Crippen MR) is 132 cm³/mol. The number of carbonyl (C=O) groups excluding carboxylic acids is 2. The van der Waals surface area contributed by atoms with Crippen LogP contribution < -0.4 is 5.32 Å². The minimum Gasteiger partial charge on any atom is -0.455 e. The maximum Gasteiger partial charge on any atom is 0.311 e. The summed E-state index contributed by atoms with van der Waals surface area (Å²) in [7, 11) is 0. The van der Waals surface area contributed by atoms with Gasteiger partial charge in [-0.25, -0.2) is 4.98 Å². The van der Waals surface area contributed by atoms with Crippen LogP contribution in [0.3, 0.4) is 0 Å². The van der Waals surface area contributed by atoms with Crippen LogP contribution in [0, 0.1) is 17.0 Å². The highest BCUT2D eigenvalue weighted by molar-refractivity contribution is 7.17. The van der Waals surface area contributed by atoms with Gasteiger partial charge < -0.3 is 10.1 Å². The average molecular weight is 494 g/mol. The molecule has 0 radical (unpaired) electrons. The molecule has 172 valence electrons. The number of thiazole rings is 1. The standard InChI is InChI=1S/C24H19N3O5S2/c1-15-7-5-10-17(27(30)31)22(15)25-20(28)14-32-21(29)13-19-23(18-11-6-12-33-18)26-24(34-19)16-8-3-2-4-9-16/h2-12H,13-14H2,1H3,(H,25,28). The highest BCUT2D eigenvalue weighted by Gasteiger charge is 2.21. The van der Waals surface area contributed by atoms with Gasteiger partial charge in [0.05, 0.1) is 21.9 Å². The Labute approximate surface area is 203 Å². The van der Waals surface area contributed by atoms with E-state index in [4.69, 9.17) is 9.72 Å². The number of carbonyl (C=O) groups is 2. The Morgan fingerprint density at radius 3 is 2.59 bits per heavy atom. The van der Waals surface area contributed by atoms with Crippen LogP contribution in [0.5, 0.6) is 0 Å². The lowest BCUT2D eigenvalue weighted by atomic mass is 10.1. The maximum absolute atomic E-state index is 12.6. The summed E-state index contributed by atoms with van der Waals surface area (Å²) in [5, 5.41) is 16.4. The minimum atomic E-state index is -0.654. The van der Waals surface area contributed by atoms with Gasteiger partial charge in [0.25, 0.3) is 11.6 Å². The largest absolute Gasteiger partial charge is 0.455 e. The third-order valence-electron chi connectivity index (χ3n) is 4.85. The van der Waals surface area contributed by atoms with Crippen LogP contribution in [0.25, 0.3) is 21.1 Å². The van der Waals surface area contributed by atoms with Crippen molar-refractivity contribution >= 4 is 45.9 Å². The summed E-state index contributed by atoms with van der Waals surface area (Å²) in [5.41, 5.74) is 2.06. The molecule has 1 N–H and O–H groups in total. The number of aryl methyl sites for hydroxylation is 1. The number of rotatable bonds is 8. The molecule has 4 rings (SSSR count). The van der Waals surface area contributed by atoms with E-state index in [1.165, 1.54) is 34.8 Å². The third-order valence-corrected chi connectivity index (χ3v) is 6.83. The van der Waals surface area contributed by atoms with Gasteiger partial charge in [-0.3, -0.25) is 19.7 Å². The zero-order valence-corrected chi connectivity index (χ0v) is 19.7. The first kappa shape index (κ1) is 23.3. The van der Waals surface area contributed by atoms with Crippen LogP contribution >= 0.6 is 22.7 Å². The zero-order chi connectivity index (χ0) is 24.1. The Morgan fingerprint density at radius 2 is 1.88 bits per heavy atom. The number of nitro groups is 1. The van der Waals surface area contributed by atoms with E-state index < -0.39 is 23.4 Å². The van der Waals surface area contributed by atoms with E-state index in [1.54, 1.807) is 13.0 Å².